The number of hydrogen-bond acceptors (Lipinski definition) is 3. The molecule has 1 aliphatic rings. The molecule has 0 bridgehead atoms. The topological polar surface area (TPSA) is 41.6 Å². The summed E-state index contributed by atoms with van der Waals surface area (Å²) in [5, 5.41) is 3.17. The summed E-state index contributed by atoms with van der Waals surface area (Å²) in [4.78, 5) is 15.0. The van der Waals surface area contributed by atoms with E-state index >= 15 is 0 Å². The number of likely N-dealkylation sites (tertiary alicyclic amines) is 1. The van der Waals surface area contributed by atoms with Crippen molar-refractivity contribution in [2.24, 2.45) is 5.92 Å². The lowest BCUT2D eigenvalue weighted by Gasteiger charge is -2.32. The Morgan fingerprint density at radius 1 is 1.15 bits per heavy atom. The highest BCUT2D eigenvalue weighted by Crippen LogP contribution is 2.22. The van der Waals surface area contributed by atoms with Crippen LogP contribution in [0.5, 0.6) is 5.75 Å². The molecule has 1 saturated heterocycles. The highest BCUT2D eigenvalue weighted by atomic mass is 16.5. The van der Waals surface area contributed by atoms with Crippen LogP contribution in [-0.2, 0) is 11.3 Å². The van der Waals surface area contributed by atoms with Crippen LogP contribution in [0.15, 0.2) is 54.6 Å². The second-order valence-electron chi connectivity index (χ2n) is 7.04. The van der Waals surface area contributed by atoms with E-state index in [0.29, 0.717) is 0 Å². The molecular formula is C22H28N2O2. The van der Waals surface area contributed by atoms with E-state index in [9.17, 15) is 4.79 Å². The van der Waals surface area contributed by atoms with Crippen LogP contribution in [0.2, 0.25) is 0 Å². The number of carbonyl (C=O) groups excluding carboxylic acids is 1. The number of nitrogens with zero attached hydrogens (tertiary/aromatic N) is 1. The first kappa shape index (κ1) is 18.5. The van der Waals surface area contributed by atoms with Gasteiger partial charge in [-0.25, -0.2) is 0 Å². The van der Waals surface area contributed by atoms with E-state index in [0.717, 1.165) is 43.8 Å². The third-order valence-electron chi connectivity index (χ3n) is 5.16. The van der Waals surface area contributed by atoms with Gasteiger partial charge in [-0.1, -0.05) is 42.5 Å². The fourth-order valence-electron chi connectivity index (χ4n) is 3.54. The maximum Gasteiger partial charge on any atom is 0.223 e. The Bertz CT molecular complexity index is 709. The highest BCUT2D eigenvalue weighted by molar-refractivity contribution is 5.79. The molecule has 1 fully saturated rings. The van der Waals surface area contributed by atoms with Crippen LogP contribution in [-0.4, -0.2) is 31.0 Å². The molecule has 0 unspecified atom stereocenters. The maximum absolute atomic E-state index is 12.6. The number of nitrogens with one attached hydrogen (secondary N) is 1. The van der Waals surface area contributed by atoms with Crippen LogP contribution in [0.25, 0.3) is 0 Å². The van der Waals surface area contributed by atoms with Gasteiger partial charge < -0.3 is 10.1 Å². The average Bonchev–Trinajstić information content (AvgIpc) is 2.69. The van der Waals surface area contributed by atoms with Gasteiger partial charge in [0.05, 0.1) is 13.2 Å². The van der Waals surface area contributed by atoms with Gasteiger partial charge in [-0.05, 0) is 56.1 Å². The van der Waals surface area contributed by atoms with Gasteiger partial charge in [0.25, 0.3) is 0 Å². The summed E-state index contributed by atoms with van der Waals surface area (Å²) in [6.45, 7) is 4.86. The van der Waals surface area contributed by atoms with Gasteiger partial charge in [-0.15, -0.1) is 0 Å². The number of hydrogen-bond donors (Lipinski definition) is 1. The number of rotatable bonds is 6. The first-order valence-electron chi connectivity index (χ1n) is 9.36. The Morgan fingerprint density at radius 3 is 2.58 bits per heavy atom. The monoisotopic (exact) mass is 352 g/mol. The number of piperidine rings is 1. The van der Waals surface area contributed by atoms with Crippen molar-refractivity contribution in [2.75, 3.05) is 20.2 Å². The SMILES string of the molecule is COc1cccc(CN2CCC(C(=O)N[C@H](C)c3ccccc3)CC2)c1. The molecule has 0 aliphatic carbocycles. The zero-order valence-electron chi connectivity index (χ0n) is 15.7. The van der Waals surface area contributed by atoms with E-state index in [1.165, 1.54) is 5.56 Å². The van der Waals surface area contributed by atoms with Gasteiger partial charge >= 0.3 is 0 Å². The number of carbonyl (C=O) groups is 1. The van der Waals surface area contributed by atoms with Gasteiger partial charge in [0.1, 0.15) is 5.75 Å². The minimum atomic E-state index is 0.0542. The van der Waals surface area contributed by atoms with Gasteiger partial charge in [0.15, 0.2) is 0 Å². The van der Waals surface area contributed by atoms with Gasteiger partial charge in [0, 0.05) is 12.5 Å². The summed E-state index contributed by atoms with van der Waals surface area (Å²) in [6.07, 6.45) is 1.83. The van der Waals surface area contributed by atoms with Crippen molar-refractivity contribution in [3.8, 4) is 5.75 Å². The molecular weight excluding hydrogens is 324 g/mol. The third kappa shape index (κ3) is 4.85. The standard InChI is InChI=1S/C22H28N2O2/c1-17(19-8-4-3-5-9-19)23-22(25)20-11-13-24(14-12-20)16-18-7-6-10-21(15-18)26-2/h3-10,15,17,20H,11-14,16H2,1-2H3,(H,23,25)/t17-/m1/s1. The Kier molecular flexibility index (Phi) is 6.29. The molecule has 0 spiro atoms. The van der Waals surface area contributed by atoms with E-state index < -0.39 is 0 Å². The second kappa shape index (κ2) is 8.86. The summed E-state index contributed by atoms with van der Waals surface area (Å²) in [5.41, 5.74) is 2.40. The lowest BCUT2D eigenvalue weighted by molar-refractivity contribution is -0.127. The molecule has 3 rings (SSSR count). The molecule has 2 aromatic rings. The van der Waals surface area contributed by atoms with E-state index in [2.05, 4.69) is 34.5 Å². The van der Waals surface area contributed by atoms with Crippen molar-refractivity contribution in [1.29, 1.82) is 0 Å². The summed E-state index contributed by atoms with van der Waals surface area (Å²) < 4.78 is 5.29. The zero-order valence-corrected chi connectivity index (χ0v) is 15.7. The second-order valence-corrected chi connectivity index (χ2v) is 7.04. The Morgan fingerprint density at radius 2 is 1.88 bits per heavy atom. The van der Waals surface area contributed by atoms with Crippen LogP contribution in [0.3, 0.4) is 0 Å². The number of benzene rings is 2. The zero-order chi connectivity index (χ0) is 18.4. The molecule has 26 heavy (non-hydrogen) atoms. The Labute approximate surface area is 156 Å². The van der Waals surface area contributed by atoms with Crippen molar-refractivity contribution in [3.05, 3.63) is 65.7 Å². The normalized spacial score (nSPS) is 16.8. The van der Waals surface area contributed by atoms with Crippen molar-refractivity contribution in [3.63, 3.8) is 0 Å². The van der Waals surface area contributed by atoms with Crippen LogP contribution in [0.4, 0.5) is 0 Å². The molecule has 0 radical (unpaired) electrons. The summed E-state index contributed by atoms with van der Waals surface area (Å²) >= 11 is 0. The fraction of sp³-hybridized carbons (Fsp3) is 0.409. The summed E-state index contributed by atoms with van der Waals surface area (Å²) in [5.74, 6) is 1.19. The fourth-order valence-corrected chi connectivity index (χ4v) is 3.54. The Balaban J connectivity index is 1.47. The van der Waals surface area contributed by atoms with Crippen LogP contribution >= 0.6 is 0 Å². The van der Waals surface area contributed by atoms with E-state index in [1.54, 1.807) is 7.11 Å². The largest absolute Gasteiger partial charge is 0.497 e. The smallest absolute Gasteiger partial charge is 0.223 e. The third-order valence-corrected chi connectivity index (χ3v) is 5.16. The van der Waals surface area contributed by atoms with Crippen LogP contribution in [0.1, 0.15) is 36.9 Å². The molecule has 1 amide bonds. The Hall–Kier alpha value is -2.33. The molecule has 1 atom stereocenters. The molecule has 138 valence electrons. The van der Waals surface area contributed by atoms with E-state index in [1.807, 2.05) is 37.3 Å². The maximum atomic E-state index is 12.6. The number of ether oxygens (including phenoxy) is 1. The minimum Gasteiger partial charge on any atom is -0.497 e. The molecule has 1 N–H and O–H groups in total. The van der Waals surface area contributed by atoms with Crippen molar-refractivity contribution < 1.29 is 9.53 Å². The molecule has 1 aliphatic heterocycles. The van der Waals surface area contributed by atoms with E-state index in [-0.39, 0.29) is 17.9 Å². The predicted octanol–water partition coefficient (Wildman–Crippen LogP) is 3.78. The van der Waals surface area contributed by atoms with Gasteiger partial charge in [-0.3, -0.25) is 9.69 Å². The average molecular weight is 352 g/mol. The molecule has 0 saturated carbocycles. The molecule has 1 heterocycles. The number of methoxy groups -OCH3 is 1. The predicted molar refractivity (Wildman–Crippen MR) is 104 cm³/mol. The highest BCUT2D eigenvalue weighted by Gasteiger charge is 2.26. The van der Waals surface area contributed by atoms with Crippen LogP contribution in [0, 0.1) is 5.92 Å². The number of amides is 1. The molecule has 4 heteroatoms. The first-order chi connectivity index (χ1) is 12.7. The summed E-state index contributed by atoms with van der Waals surface area (Å²) in [6, 6.07) is 18.4. The quantitative estimate of drug-likeness (QED) is 0.860. The molecule has 4 nitrogen and oxygen atoms in total. The van der Waals surface area contributed by atoms with Gasteiger partial charge in [-0.2, -0.15) is 0 Å². The minimum absolute atomic E-state index is 0.0542. The van der Waals surface area contributed by atoms with Crippen molar-refractivity contribution in [1.82, 2.24) is 10.2 Å². The van der Waals surface area contributed by atoms with Crippen molar-refractivity contribution in [2.45, 2.75) is 32.4 Å². The summed E-state index contributed by atoms with van der Waals surface area (Å²) in [7, 11) is 1.69. The lowest BCUT2D eigenvalue weighted by atomic mass is 9.95. The van der Waals surface area contributed by atoms with Crippen molar-refractivity contribution >= 4 is 5.91 Å². The first-order valence-corrected chi connectivity index (χ1v) is 9.36. The molecule has 2 aromatic carbocycles. The van der Waals surface area contributed by atoms with E-state index in [4.69, 9.17) is 4.74 Å². The lowest BCUT2D eigenvalue weighted by Crippen LogP contribution is -2.40. The van der Waals surface area contributed by atoms with Gasteiger partial charge in [0.2, 0.25) is 5.91 Å². The molecule has 0 aromatic heterocycles. The van der Waals surface area contributed by atoms with Crippen LogP contribution < -0.4 is 10.1 Å².